The molecule has 0 bridgehead atoms. The molecule has 0 aliphatic carbocycles. The van der Waals surface area contributed by atoms with Crippen molar-refractivity contribution in [1.82, 2.24) is 4.90 Å². The largest absolute Gasteiger partial charge is 0.481 e. The summed E-state index contributed by atoms with van der Waals surface area (Å²) in [4.78, 5) is 24.7. The minimum atomic E-state index is -0.741. The van der Waals surface area contributed by atoms with Crippen LogP contribution in [0.15, 0.2) is 0 Å². The van der Waals surface area contributed by atoms with E-state index in [1.807, 2.05) is 18.1 Å². The second-order valence-corrected chi connectivity index (χ2v) is 5.99. The number of rotatable bonds is 6. The van der Waals surface area contributed by atoms with E-state index in [1.165, 1.54) is 0 Å². The molecule has 1 fully saturated rings. The van der Waals surface area contributed by atoms with Crippen molar-refractivity contribution in [3.8, 4) is 0 Å². The van der Waals surface area contributed by atoms with Gasteiger partial charge in [-0.05, 0) is 31.4 Å². The molecule has 1 heterocycles. The number of hydrogen-bond acceptors (Lipinski definition) is 3. The van der Waals surface area contributed by atoms with Gasteiger partial charge in [0, 0.05) is 31.2 Å². The van der Waals surface area contributed by atoms with Crippen LogP contribution in [0.3, 0.4) is 0 Å². The lowest BCUT2D eigenvalue weighted by molar-refractivity contribution is -0.137. The van der Waals surface area contributed by atoms with Gasteiger partial charge in [-0.15, -0.1) is 0 Å². The molecule has 0 unspecified atom stereocenters. The molecule has 1 aliphatic rings. The number of carbonyl (C=O) groups excluding carboxylic acids is 1. The topological polar surface area (TPSA) is 57.6 Å². The van der Waals surface area contributed by atoms with Crippen LogP contribution in [-0.4, -0.2) is 47.0 Å². The van der Waals surface area contributed by atoms with Gasteiger partial charge in [0.1, 0.15) is 0 Å². The Morgan fingerprint density at radius 2 is 2.22 bits per heavy atom. The van der Waals surface area contributed by atoms with Crippen LogP contribution in [0.4, 0.5) is 0 Å². The number of nitrogens with zero attached hydrogens (tertiary/aromatic N) is 1. The van der Waals surface area contributed by atoms with Crippen molar-refractivity contribution in [2.75, 3.05) is 25.1 Å². The zero-order valence-corrected chi connectivity index (χ0v) is 12.0. The molecule has 4 nitrogen and oxygen atoms in total. The van der Waals surface area contributed by atoms with Gasteiger partial charge in [-0.2, -0.15) is 11.8 Å². The van der Waals surface area contributed by atoms with Gasteiger partial charge in [0.05, 0.1) is 0 Å². The van der Waals surface area contributed by atoms with E-state index in [0.29, 0.717) is 12.3 Å². The molecule has 0 aromatic heterocycles. The Kier molecular flexibility index (Phi) is 6.54. The number of hydrogen-bond donors (Lipinski definition) is 1. The second kappa shape index (κ2) is 7.67. The fourth-order valence-corrected chi connectivity index (χ4v) is 3.10. The molecular weight excluding hydrogens is 250 g/mol. The highest BCUT2D eigenvalue weighted by Crippen LogP contribution is 2.22. The molecule has 0 aromatic carbocycles. The summed E-state index contributed by atoms with van der Waals surface area (Å²) in [6.45, 7) is 3.55. The summed E-state index contributed by atoms with van der Waals surface area (Å²) < 4.78 is 0. The van der Waals surface area contributed by atoms with Gasteiger partial charge in [-0.25, -0.2) is 0 Å². The first-order valence-corrected chi connectivity index (χ1v) is 7.93. The third-order valence-electron chi connectivity index (χ3n) is 3.44. The molecule has 1 amide bonds. The Morgan fingerprint density at radius 3 is 2.83 bits per heavy atom. The summed E-state index contributed by atoms with van der Waals surface area (Å²) >= 11 is 1.69. The first kappa shape index (κ1) is 15.3. The maximum absolute atomic E-state index is 12.2. The summed E-state index contributed by atoms with van der Waals surface area (Å²) in [5.41, 5.74) is 0. The molecule has 1 rings (SSSR count). The van der Waals surface area contributed by atoms with Gasteiger partial charge in [0.2, 0.25) is 5.91 Å². The standard InChI is InChI=1S/C13H23NO3S/c1-10(9-18-2)13(17)14-7-3-4-11(8-14)5-6-12(15)16/h10-11H,3-9H2,1-2H3,(H,15,16)/t10-,11+/m0/s1. The Bertz CT molecular complexity index is 296. The SMILES string of the molecule is CSC[C@H](C)C(=O)N1CCC[C@H](CCC(=O)O)C1. The highest BCUT2D eigenvalue weighted by molar-refractivity contribution is 7.98. The lowest BCUT2D eigenvalue weighted by atomic mass is 9.93. The Labute approximate surface area is 113 Å². The summed E-state index contributed by atoms with van der Waals surface area (Å²) in [5.74, 6) is 0.770. The number of carboxylic acid groups (broad SMARTS) is 1. The van der Waals surface area contributed by atoms with Crippen molar-refractivity contribution >= 4 is 23.6 Å². The predicted octanol–water partition coefficient (Wildman–Crippen LogP) is 2.09. The van der Waals surface area contributed by atoms with Gasteiger partial charge in [-0.1, -0.05) is 6.92 Å². The van der Waals surface area contributed by atoms with Crippen LogP contribution < -0.4 is 0 Å². The van der Waals surface area contributed by atoms with Gasteiger partial charge in [-0.3, -0.25) is 9.59 Å². The van der Waals surface area contributed by atoms with Crippen LogP contribution >= 0.6 is 11.8 Å². The quantitative estimate of drug-likeness (QED) is 0.805. The third-order valence-corrected chi connectivity index (χ3v) is 4.27. The molecule has 1 aliphatic heterocycles. The highest BCUT2D eigenvalue weighted by atomic mass is 32.2. The number of piperidine rings is 1. The van der Waals surface area contributed by atoms with Crippen molar-refractivity contribution in [2.24, 2.45) is 11.8 Å². The molecule has 1 saturated heterocycles. The first-order valence-electron chi connectivity index (χ1n) is 6.54. The maximum Gasteiger partial charge on any atom is 0.303 e. The fraction of sp³-hybridized carbons (Fsp3) is 0.846. The number of thioether (sulfide) groups is 1. The van der Waals surface area contributed by atoms with Crippen molar-refractivity contribution in [3.63, 3.8) is 0 Å². The molecule has 1 N–H and O–H groups in total. The number of amides is 1. The maximum atomic E-state index is 12.2. The van der Waals surface area contributed by atoms with Crippen molar-refractivity contribution in [1.29, 1.82) is 0 Å². The minimum Gasteiger partial charge on any atom is -0.481 e. The molecule has 0 radical (unpaired) electrons. The van der Waals surface area contributed by atoms with E-state index < -0.39 is 5.97 Å². The van der Waals surface area contributed by atoms with Crippen LogP contribution in [0.2, 0.25) is 0 Å². The molecular formula is C13H23NO3S. The Hall–Kier alpha value is -0.710. The van der Waals surface area contributed by atoms with Crippen molar-refractivity contribution in [3.05, 3.63) is 0 Å². The molecule has 2 atom stereocenters. The average Bonchev–Trinajstić information content (AvgIpc) is 2.36. The van der Waals surface area contributed by atoms with Crippen LogP contribution in [0, 0.1) is 11.8 Å². The summed E-state index contributed by atoms with van der Waals surface area (Å²) in [6, 6.07) is 0. The average molecular weight is 273 g/mol. The zero-order valence-electron chi connectivity index (χ0n) is 11.2. The molecule has 0 saturated carbocycles. The van der Waals surface area contributed by atoms with E-state index in [2.05, 4.69) is 0 Å². The van der Waals surface area contributed by atoms with Crippen LogP contribution in [-0.2, 0) is 9.59 Å². The lowest BCUT2D eigenvalue weighted by Crippen LogP contribution is -2.43. The van der Waals surface area contributed by atoms with Gasteiger partial charge >= 0.3 is 5.97 Å². The van der Waals surface area contributed by atoms with E-state index in [1.54, 1.807) is 11.8 Å². The number of aliphatic carboxylic acids is 1. The van der Waals surface area contributed by atoms with E-state index in [4.69, 9.17) is 5.11 Å². The van der Waals surface area contributed by atoms with Crippen LogP contribution in [0.5, 0.6) is 0 Å². The normalized spacial score (nSPS) is 21.7. The van der Waals surface area contributed by atoms with E-state index in [9.17, 15) is 9.59 Å². The van der Waals surface area contributed by atoms with Crippen LogP contribution in [0.1, 0.15) is 32.6 Å². The summed E-state index contributed by atoms with van der Waals surface area (Å²) in [6.07, 6.45) is 4.97. The van der Waals surface area contributed by atoms with Crippen molar-refractivity contribution in [2.45, 2.75) is 32.6 Å². The smallest absolute Gasteiger partial charge is 0.303 e. The minimum absolute atomic E-state index is 0.0678. The number of carbonyl (C=O) groups is 2. The van der Waals surface area contributed by atoms with E-state index in [-0.39, 0.29) is 18.2 Å². The number of likely N-dealkylation sites (tertiary alicyclic amines) is 1. The zero-order chi connectivity index (χ0) is 13.5. The molecule has 104 valence electrons. The Balaban J connectivity index is 2.42. The monoisotopic (exact) mass is 273 g/mol. The van der Waals surface area contributed by atoms with E-state index >= 15 is 0 Å². The molecule has 5 heteroatoms. The Morgan fingerprint density at radius 1 is 1.50 bits per heavy atom. The summed E-state index contributed by atoms with van der Waals surface area (Å²) in [5, 5.41) is 8.69. The lowest BCUT2D eigenvalue weighted by Gasteiger charge is -2.34. The van der Waals surface area contributed by atoms with Gasteiger partial charge in [0.25, 0.3) is 0 Å². The first-order chi connectivity index (χ1) is 8.54. The predicted molar refractivity (Wildman–Crippen MR) is 73.7 cm³/mol. The van der Waals surface area contributed by atoms with E-state index in [0.717, 1.165) is 31.7 Å². The van der Waals surface area contributed by atoms with Gasteiger partial charge < -0.3 is 10.0 Å². The molecule has 18 heavy (non-hydrogen) atoms. The summed E-state index contributed by atoms with van der Waals surface area (Å²) in [7, 11) is 0. The fourth-order valence-electron chi connectivity index (χ4n) is 2.46. The molecule has 0 aromatic rings. The second-order valence-electron chi connectivity index (χ2n) is 5.08. The van der Waals surface area contributed by atoms with Crippen molar-refractivity contribution < 1.29 is 14.7 Å². The number of carboxylic acids is 1. The van der Waals surface area contributed by atoms with Crippen LogP contribution in [0.25, 0.3) is 0 Å². The van der Waals surface area contributed by atoms with Gasteiger partial charge in [0.15, 0.2) is 0 Å². The highest BCUT2D eigenvalue weighted by Gasteiger charge is 2.26. The third kappa shape index (κ3) is 4.88. The molecule has 0 spiro atoms.